The van der Waals surface area contributed by atoms with E-state index in [-0.39, 0.29) is 35.9 Å². The molecule has 2 atom stereocenters. The Morgan fingerprint density at radius 1 is 0.886 bits per heavy atom. The van der Waals surface area contributed by atoms with Gasteiger partial charge in [-0.05, 0) is 79.6 Å². The molecule has 9 heteroatoms. The molecule has 9 nitrogen and oxygen atoms in total. The second-order valence-electron chi connectivity index (χ2n) is 12.1. The third-order valence-corrected chi connectivity index (χ3v) is 8.54. The fraction of sp³-hybridized carbons (Fsp3) is 0.486. The van der Waals surface area contributed by atoms with Crippen LogP contribution in [-0.4, -0.2) is 87.5 Å². The molecule has 0 bridgehead atoms. The Morgan fingerprint density at radius 2 is 1.64 bits per heavy atom. The quantitative estimate of drug-likeness (QED) is 0.240. The van der Waals surface area contributed by atoms with Crippen LogP contribution in [0.3, 0.4) is 0 Å². The van der Waals surface area contributed by atoms with Gasteiger partial charge in [-0.3, -0.25) is 4.79 Å². The van der Waals surface area contributed by atoms with Crippen molar-refractivity contribution in [1.29, 1.82) is 0 Å². The number of carbonyl (C=O) groups excluding carboxylic acids is 2. The number of carbonyl (C=O) groups is 2. The molecule has 3 aromatic carbocycles. The molecule has 236 valence electrons. The van der Waals surface area contributed by atoms with E-state index in [9.17, 15) is 9.59 Å². The molecule has 1 heterocycles. The maximum absolute atomic E-state index is 13.9. The number of methoxy groups -OCH3 is 2. The third kappa shape index (κ3) is 7.81. The van der Waals surface area contributed by atoms with Crippen molar-refractivity contribution in [3.8, 4) is 17.2 Å². The van der Waals surface area contributed by atoms with Gasteiger partial charge >= 0.3 is 6.09 Å². The van der Waals surface area contributed by atoms with Crippen LogP contribution in [0.15, 0.2) is 60.7 Å². The van der Waals surface area contributed by atoms with Crippen molar-refractivity contribution < 1.29 is 28.5 Å². The number of ether oxygens (including phenoxy) is 4. The molecule has 1 saturated heterocycles. The van der Waals surface area contributed by atoms with E-state index in [2.05, 4.69) is 5.32 Å². The molecular formula is C35H45N3O6. The minimum atomic E-state index is -0.304. The minimum Gasteiger partial charge on any atom is -0.493 e. The van der Waals surface area contributed by atoms with E-state index in [1.54, 1.807) is 32.4 Å². The number of hydrogen-bond acceptors (Lipinski definition) is 7. The van der Waals surface area contributed by atoms with E-state index in [4.69, 9.17) is 18.9 Å². The van der Waals surface area contributed by atoms with E-state index >= 15 is 0 Å². The molecule has 1 saturated carbocycles. The summed E-state index contributed by atoms with van der Waals surface area (Å²) in [6.45, 7) is 7.90. The Labute approximate surface area is 260 Å². The molecule has 1 N–H and O–H groups in total. The third-order valence-electron chi connectivity index (χ3n) is 8.54. The highest BCUT2D eigenvalue weighted by Crippen LogP contribution is 2.33. The Morgan fingerprint density at radius 3 is 2.34 bits per heavy atom. The van der Waals surface area contributed by atoms with Gasteiger partial charge in [0.1, 0.15) is 5.75 Å². The van der Waals surface area contributed by atoms with Crippen molar-refractivity contribution in [2.24, 2.45) is 11.8 Å². The van der Waals surface area contributed by atoms with E-state index in [0.29, 0.717) is 49.1 Å². The summed E-state index contributed by atoms with van der Waals surface area (Å²) in [5.41, 5.74) is 0.558. The van der Waals surface area contributed by atoms with E-state index in [0.717, 1.165) is 43.1 Å². The highest BCUT2D eigenvalue weighted by atomic mass is 16.6. The topological polar surface area (TPSA) is 89.6 Å². The largest absolute Gasteiger partial charge is 0.493 e. The zero-order chi connectivity index (χ0) is 31.1. The molecule has 0 aromatic heterocycles. The van der Waals surface area contributed by atoms with Crippen molar-refractivity contribution >= 4 is 22.8 Å². The summed E-state index contributed by atoms with van der Waals surface area (Å²) < 4.78 is 22.4. The highest BCUT2D eigenvalue weighted by molar-refractivity contribution is 5.95. The zero-order valence-corrected chi connectivity index (χ0v) is 26.3. The summed E-state index contributed by atoms with van der Waals surface area (Å²) >= 11 is 0. The molecular weight excluding hydrogens is 558 g/mol. The first-order valence-corrected chi connectivity index (χ1v) is 15.7. The van der Waals surface area contributed by atoms with Crippen LogP contribution in [0, 0.1) is 11.8 Å². The fourth-order valence-corrected chi connectivity index (χ4v) is 5.87. The number of hydrogen-bond donors (Lipinski definition) is 1. The summed E-state index contributed by atoms with van der Waals surface area (Å²) in [5, 5.41) is 5.66. The number of nitrogens with zero attached hydrogens (tertiary/aromatic N) is 2. The summed E-state index contributed by atoms with van der Waals surface area (Å²) in [4.78, 5) is 31.1. The number of rotatable bonds is 14. The minimum absolute atomic E-state index is 0.00525. The molecule has 1 aliphatic heterocycles. The number of fused-ring (bicyclic) bond motifs is 1. The van der Waals surface area contributed by atoms with Gasteiger partial charge in [0.15, 0.2) is 11.5 Å². The van der Waals surface area contributed by atoms with Crippen LogP contribution in [-0.2, 0) is 4.74 Å². The van der Waals surface area contributed by atoms with Gasteiger partial charge in [0.25, 0.3) is 5.91 Å². The molecule has 2 amide bonds. The molecule has 44 heavy (non-hydrogen) atoms. The van der Waals surface area contributed by atoms with Gasteiger partial charge in [-0.1, -0.05) is 30.3 Å². The second-order valence-corrected chi connectivity index (χ2v) is 12.1. The number of nitrogens with one attached hydrogen (secondary N) is 1. The fourth-order valence-electron chi connectivity index (χ4n) is 5.87. The Kier molecular flexibility index (Phi) is 10.6. The SMILES string of the molecule is COCCCOc1cc(C(=O)N(C[C@@H]2CNC[C@H]2CN(C(=O)Oc2ccc3ccccc3c2)C2CC2)C(C)C)ccc1OC. The van der Waals surface area contributed by atoms with Crippen LogP contribution in [0.1, 0.15) is 43.5 Å². The summed E-state index contributed by atoms with van der Waals surface area (Å²) in [7, 11) is 3.25. The normalized spacial score (nSPS) is 17.9. The van der Waals surface area contributed by atoms with Crippen molar-refractivity contribution in [3.63, 3.8) is 0 Å². The van der Waals surface area contributed by atoms with Gasteiger partial charge in [0.2, 0.25) is 0 Å². The summed E-state index contributed by atoms with van der Waals surface area (Å²) in [5.74, 6) is 2.03. The Bertz CT molecular complexity index is 1420. The molecule has 2 fully saturated rings. The van der Waals surface area contributed by atoms with Crippen LogP contribution < -0.4 is 19.5 Å². The monoisotopic (exact) mass is 603 g/mol. The van der Waals surface area contributed by atoms with Crippen LogP contribution in [0.2, 0.25) is 0 Å². The van der Waals surface area contributed by atoms with Crippen molar-refractivity contribution in [2.45, 2.75) is 45.2 Å². The van der Waals surface area contributed by atoms with E-state index in [1.165, 1.54) is 0 Å². The first kappa shape index (κ1) is 31.6. The average molecular weight is 604 g/mol. The molecule has 0 spiro atoms. The van der Waals surface area contributed by atoms with Crippen LogP contribution >= 0.6 is 0 Å². The van der Waals surface area contributed by atoms with Gasteiger partial charge in [-0.25, -0.2) is 4.79 Å². The van der Waals surface area contributed by atoms with Gasteiger partial charge in [0.05, 0.1) is 13.7 Å². The molecule has 0 unspecified atom stereocenters. The summed E-state index contributed by atoms with van der Waals surface area (Å²) in [6.07, 6.45) is 2.41. The standard InChI is InChI=1S/C35H45N3O6/c1-24(2)37(34(39)27-11-15-32(42-4)33(19-27)43-17-7-16-41-3)22-28-20-36-21-29(28)23-38(30-12-13-30)35(40)44-31-14-10-25-8-5-6-9-26(25)18-31/h5-6,8-11,14-15,18-19,24,28-30,36H,7,12-13,16-17,20-23H2,1-4H3/t28-,29-/m0/s1. The molecule has 2 aliphatic rings. The maximum atomic E-state index is 13.9. The van der Waals surface area contributed by atoms with Crippen LogP contribution in [0.4, 0.5) is 4.79 Å². The Hall–Kier alpha value is -3.82. The predicted octanol–water partition coefficient (Wildman–Crippen LogP) is 5.61. The average Bonchev–Trinajstić information content (AvgIpc) is 3.78. The molecule has 1 aliphatic carbocycles. The van der Waals surface area contributed by atoms with Gasteiger partial charge in [-0.15, -0.1) is 0 Å². The lowest BCUT2D eigenvalue weighted by molar-refractivity contribution is 0.0648. The number of benzene rings is 3. The maximum Gasteiger partial charge on any atom is 0.415 e. The smallest absolute Gasteiger partial charge is 0.415 e. The summed E-state index contributed by atoms with van der Waals surface area (Å²) in [6, 6.07) is 19.3. The lowest BCUT2D eigenvalue weighted by atomic mass is 9.94. The van der Waals surface area contributed by atoms with Crippen LogP contribution in [0.5, 0.6) is 17.2 Å². The van der Waals surface area contributed by atoms with Crippen LogP contribution in [0.25, 0.3) is 10.8 Å². The van der Waals surface area contributed by atoms with Gasteiger partial charge in [-0.2, -0.15) is 0 Å². The number of amides is 2. The van der Waals surface area contributed by atoms with Crippen molar-refractivity contribution in [1.82, 2.24) is 15.1 Å². The predicted molar refractivity (Wildman–Crippen MR) is 171 cm³/mol. The lowest BCUT2D eigenvalue weighted by Crippen LogP contribution is -2.45. The van der Waals surface area contributed by atoms with Gasteiger partial charge in [0, 0.05) is 64.0 Å². The van der Waals surface area contributed by atoms with E-state index in [1.807, 2.05) is 66.1 Å². The molecule has 0 radical (unpaired) electrons. The molecule has 3 aromatic rings. The Balaban J connectivity index is 1.25. The zero-order valence-electron chi connectivity index (χ0n) is 26.3. The highest BCUT2D eigenvalue weighted by Gasteiger charge is 2.39. The first-order chi connectivity index (χ1) is 21.4. The van der Waals surface area contributed by atoms with Crippen molar-refractivity contribution in [3.05, 3.63) is 66.2 Å². The van der Waals surface area contributed by atoms with Gasteiger partial charge < -0.3 is 34.1 Å². The first-order valence-electron chi connectivity index (χ1n) is 15.7. The van der Waals surface area contributed by atoms with Crippen molar-refractivity contribution in [2.75, 3.05) is 53.6 Å². The lowest BCUT2D eigenvalue weighted by Gasteiger charge is -2.33. The van der Waals surface area contributed by atoms with E-state index < -0.39 is 0 Å². The molecule has 5 rings (SSSR count). The second kappa shape index (κ2) is 14.8.